The number of rotatable bonds is 6. The topological polar surface area (TPSA) is 0 Å². The van der Waals surface area contributed by atoms with Crippen molar-refractivity contribution in [2.24, 2.45) is 17.8 Å². The fourth-order valence-corrected chi connectivity index (χ4v) is 2.33. The van der Waals surface area contributed by atoms with E-state index in [0.717, 1.165) is 17.8 Å². The van der Waals surface area contributed by atoms with Crippen molar-refractivity contribution >= 4 is 0 Å². The fourth-order valence-electron chi connectivity index (χ4n) is 2.33. The Balaban J connectivity index is 2.19. The molecule has 1 aliphatic rings. The van der Waals surface area contributed by atoms with Gasteiger partial charge < -0.3 is 0 Å². The first-order chi connectivity index (χ1) is 5.77. The molecule has 0 aromatic rings. The van der Waals surface area contributed by atoms with E-state index >= 15 is 0 Å². The van der Waals surface area contributed by atoms with E-state index in [1.165, 1.54) is 38.5 Å². The van der Waals surface area contributed by atoms with Gasteiger partial charge in [-0.25, -0.2) is 0 Å². The van der Waals surface area contributed by atoms with Crippen LogP contribution >= 0.6 is 0 Å². The molecule has 0 spiro atoms. The van der Waals surface area contributed by atoms with Crippen LogP contribution in [0.25, 0.3) is 0 Å². The summed E-state index contributed by atoms with van der Waals surface area (Å²) < 4.78 is 0. The summed E-state index contributed by atoms with van der Waals surface area (Å²) in [5, 5.41) is 0. The second-order valence-electron chi connectivity index (χ2n) is 4.61. The average molecular weight is 168 g/mol. The first-order valence-corrected chi connectivity index (χ1v) is 5.77. The van der Waals surface area contributed by atoms with Gasteiger partial charge in [0.15, 0.2) is 0 Å². The van der Waals surface area contributed by atoms with Crippen LogP contribution in [-0.2, 0) is 0 Å². The molecule has 0 heterocycles. The van der Waals surface area contributed by atoms with Crippen molar-refractivity contribution in [1.82, 2.24) is 0 Å². The van der Waals surface area contributed by atoms with E-state index in [9.17, 15) is 0 Å². The van der Waals surface area contributed by atoms with Crippen molar-refractivity contribution in [2.45, 2.75) is 59.3 Å². The molecule has 1 rings (SSSR count). The van der Waals surface area contributed by atoms with Gasteiger partial charge in [0.05, 0.1) is 0 Å². The summed E-state index contributed by atoms with van der Waals surface area (Å²) >= 11 is 0. The van der Waals surface area contributed by atoms with Gasteiger partial charge in [0, 0.05) is 0 Å². The Bertz CT molecular complexity index is 113. The molecule has 0 aromatic carbocycles. The molecule has 0 saturated heterocycles. The van der Waals surface area contributed by atoms with Crippen LogP contribution in [0.2, 0.25) is 0 Å². The molecule has 12 heavy (non-hydrogen) atoms. The molecule has 0 bridgehead atoms. The van der Waals surface area contributed by atoms with Crippen molar-refractivity contribution in [2.75, 3.05) is 0 Å². The second kappa shape index (κ2) is 4.89. The maximum Gasteiger partial charge on any atom is -0.0391 e. The van der Waals surface area contributed by atoms with Gasteiger partial charge in [-0.3, -0.25) is 0 Å². The second-order valence-corrected chi connectivity index (χ2v) is 4.61. The van der Waals surface area contributed by atoms with E-state index in [4.69, 9.17) is 0 Å². The van der Waals surface area contributed by atoms with E-state index in [-0.39, 0.29) is 0 Å². The van der Waals surface area contributed by atoms with Crippen molar-refractivity contribution in [3.63, 3.8) is 0 Å². The van der Waals surface area contributed by atoms with Crippen LogP contribution in [0.5, 0.6) is 0 Å². The van der Waals surface area contributed by atoms with E-state index < -0.39 is 0 Å². The van der Waals surface area contributed by atoms with E-state index in [2.05, 4.69) is 20.8 Å². The molecule has 0 nitrogen and oxygen atoms in total. The lowest BCUT2D eigenvalue weighted by Gasteiger charge is -2.21. The zero-order chi connectivity index (χ0) is 8.97. The van der Waals surface area contributed by atoms with Crippen LogP contribution in [0.3, 0.4) is 0 Å². The van der Waals surface area contributed by atoms with Crippen molar-refractivity contribution in [3.05, 3.63) is 0 Å². The summed E-state index contributed by atoms with van der Waals surface area (Å²) in [6.45, 7) is 7.12. The molecule has 0 amide bonds. The molecule has 1 saturated carbocycles. The molecule has 1 fully saturated rings. The molecule has 72 valence electrons. The molecule has 2 unspecified atom stereocenters. The smallest absolute Gasteiger partial charge is 0.0391 e. The number of hydrogen-bond donors (Lipinski definition) is 0. The van der Waals surface area contributed by atoms with Crippen molar-refractivity contribution < 1.29 is 0 Å². The third-order valence-electron chi connectivity index (χ3n) is 3.39. The van der Waals surface area contributed by atoms with Gasteiger partial charge >= 0.3 is 0 Å². The zero-order valence-electron chi connectivity index (χ0n) is 8.97. The predicted molar refractivity (Wildman–Crippen MR) is 55.2 cm³/mol. The van der Waals surface area contributed by atoms with Crippen LogP contribution < -0.4 is 0 Å². The Hall–Kier alpha value is 0. The van der Waals surface area contributed by atoms with Crippen LogP contribution in [0.1, 0.15) is 59.3 Å². The maximum atomic E-state index is 2.46. The van der Waals surface area contributed by atoms with E-state index in [1.807, 2.05) is 0 Å². The van der Waals surface area contributed by atoms with Gasteiger partial charge in [-0.15, -0.1) is 0 Å². The minimum Gasteiger partial charge on any atom is -0.0654 e. The minimum absolute atomic E-state index is 0.988. The van der Waals surface area contributed by atoms with Crippen molar-refractivity contribution in [1.29, 1.82) is 0 Å². The molecule has 0 N–H and O–H groups in total. The quantitative estimate of drug-likeness (QED) is 0.556. The Kier molecular flexibility index (Phi) is 4.11. The highest BCUT2D eigenvalue weighted by molar-refractivity contribution is 4.77. The highest BCUT2D eigenvalue weighted by Gasteiger charge is 2.26. The van der Waals surface area contributed by atoms with E-state index in [1.54, 1.807) is 0 Å². The fraction of sp³-hybridized carbons (Fsp3) is 1.00. The van der Waals surface area contributed by atoms with Gasteiger partial charge in [-0.1, -0.05) is 52.9 Å². The SMILES string of the molecule is CCCC(CC)C(C)CC1CC1. The molecule has 0 heteroatoms. The third kappa shape index (κ3) is 3.16. The Labute approximate surface area is 77.7 Å². The maximum absolute atomic E-state index is 2.46. The normalized spacial score (nSPS) is 22.2. The summed E-state index contributed by atoms with van der Waals surface area (Å²) in [4.78, 5) is 0. The Morgan fingerprint density at radius 3 is 2.33 bits per heavy atom. The van der Waals surface area contributed by atoms with Gasteiger partial charge in [0.2, 0.25) is 0 Å². The monoisotopic (exact) mass is 168 g/mol. The Morgan fingerprint density at radius 2 is 1.92 bits per heavy atom. The van der Waals surface area contributed by atoms with Gasteiger partial charge in [-0.05, 0) is 24.2 Å². The average Bonchev–Trinajstić information content (AvgIpc) is 2.83. The van der Waals surface area contributed by atoms with Gasteiger partial charge in [-0.2, -0.15) is 0 Å². The van der Waals surface area contributed by atoms with Crippen molar-refractivity contribution in [3.8, 4) is 0 Å². The van der Waals surface area contributed by atoms with Crippen LogP contribution in [-0.4, -0.2) is 0 Å². The lowest BCUT2D eigenvalue weighted by atomic mass is 9.84. The molecule has 0 aliphatic heterocycles. The first kappa shape index (κ1) is 10.1. The van der Waals surface area contributed by atoms with Crippen LogP contribution in [0.15, 0.2) is 0 Å². The van der Waals surface area contributed by atoms with E-state index in [0.29, 0.717) is 0 Å². The highest BCUT2D eigenvalue weighted by atomic mass is 14.3. The predicted octanol–water partition coefficient (Wildman–Crippen LogP) is 4.25. The summed E-state index contributed by atoms with van der Waals surface area (Å²) in [6, 6.07) is 0. The third-order valence-corrected chi connectivity index (χ3v) is 3.39. The van der Waals surface area contributed by atoms with Crippen LogP contribution in [0, 0.1) is 17.8 Å². The highest BCUT2D eigenvalue weighted by Crippen LogP contribution is 2.38. The van der Waals surface area contributed by atoms with Crippen LogP contribution in [0.4, 0.5) is 0 Å². The summed E-state index contributed by atoms with van der Waals surface area (Å²) in [5.74, 6) is 3.11. The summed E-state index contributed by atoms with van der Waals surface area (Å²) in [5.41, 5.74) is 0. The first-order valence-electron chi connectivity index (χ1n) is 5.77. The summed E-state index contributed by atoms with van der Waals surface area (Å²) in [7, 11) is 0. The molecular formula is C12H24. The molecular weight excluding hydrogens is 144 g/mol. The molecule has 0 aromatic heterocycles. The standard InChI is InChI=1S/C12H24/c1-4-6-12(5-2)10(3)9-11-7-8-11/h10-12H,4-9H2,1-3H3. The lowest BCUT2D eigenvalue weighted by molar-refractivity contribution is 0.295. The van der Waals surface area contributed by atoms with Gasteiger partial charge in [0.1, 0.15) is 0 Å². The van der Waals surface area contributed by atoms with Gasteiger partial charge in [0.25, 0.3) is 0 Å². The molecule has 1 aliphatic carbocycles. The lowest BCUT2D eigenvalue weighted by Crippen LogP contribution is -2.11. The zero-order valence-corrected chi connectivity index (χ0v) is 8.97. The largest absolute Gasteiger partial charge is 0.0654 e. The minimum atomic E-state index is 0.988. The molecule has 2 atom stereocenters. The Morgan fingerprint density at radius 1 is 1.25 bits per heavy atom. The summed E-state index contributed by atoms with van der Waals surface area (Å²) in [6.07, 6.45) is 8.76. The number of hydrogen-bond acceptors (Lipinski definition) is 0. The molecule has 0 radical (unpaired) electrons.